The zero-order valence-corrected chi connectivity index (χ0v) is 18.9. The van der Waals surface area contributed by atoms with Gasteiger partial charge in [0, 0.05) is 24.0 Å². The number of esters is 1. The van der Waals surface area contributed by atoms with Crippen LogP contribution in [0, 0.1) is 16.0 Å². The third-order valence-corrected chi connectivity index (χ3v) is 4.40. The normalized spacial score (nSPS) is 10.5. The van der Waals surface area contributed by atoms with Crippen LogP contribution in [0.15, 0.2) is 54.9 Å². The number of aromatic nitrogens is 2. The van der Waals surface area contributed by atoms with Crippen molar-refractivity contribution in [3.63, 3.8) is 0 Å². The van der Waals surface area contributed by atoms with Gasteiger partial charge in [-0.15, -0.1) is 0 Å². The van der Waals surface area contributed by atoms with E-state index in [0.29, 0.717) is 29.2 Å². The summed E-state index contributed by atoms with van der Waals surface area (Å²) in [5, 5.41) is 20.2. The van der Waals surface area contributed by atoms with Crippen molar-refractivity contribution in [1.82, 2.24) is 9.97 Å². The number of ether oxygens (including phenoxy) is 1. The van der Waals surface area contributed by atoms with E-state index in [0.717, 1.165) is 0 Å². The first-order valence-corrected chi connectivity index (χ1v) is 10.4. The van der Waals surface area contributed by atoms with E-state index in [2.05, 4.69) is 25.9 Å². The largest absolute Gasteiger partial charge is 0.462 e. The third-order valence-electron chi connectivity index (χ3n) is 4.40. The van der Waals surface area contributed by atoms with Gasteiger partial charge in [0.2, 0.25) is 17.5 Å². The number of hydrogen-bond acceptors (Lipinski definition) is 9. The molecule has 0 spiro atoms. The number of amides is 1. The average Bonchev–Trinajstić information content (AvgIpc) is 2.79. The van der Waals surface area contributed by atoms with Crippen molar-refractivity contribution < 1.29 is 19.2 Å². The smallest absolute Gasteiger partial charge is 0.353 e. The zero-order valence-electron chi connectivity index (χ0n) is 18.9. The van der Waals surface area contributed by atoms with Crippen molar-refractivity contribution in [2.45, 2.75) is 20.8 Å². The fourth-order valence-electron chi connectivity index (χ4n) is 2.86. The predicted octanol–water partition coefficient (Wildman–Crippen LogP) is 4.64. The van der Waals surface area contributed by atoms with E-state index < -0.39 is 10.9 Å². The van der Waals surface area contributed by atoms with Gasteiger partial charge in [0.15, 0.2) is 0 Å². The minimum Gasteiger partial charge on any atom is -0.462 e. The molecule has 0 unspecified atom stereocenters. The Morgan fingerprint density at radius 1 is 0.941 bits per heavy atom. The number of nitro groups is 1. The molecule has 0 radical (unpaired) electrons. The Morgan fingerprint density at radius 2 is 1.44 bits per heavy atom. The topological polar surface area (TPSA) is 148 Å². The van der Waals surface area contributed by atoms with Crippen LogP contribution in [-0.4, -0.2) is 33.4 Å². The molecule has 0 aliphatic rings. The molecule has 0 fully saturated rings. The van der Waals surface area contributed by atoms with E-state index in [1.165, 1.54) is 13.3 Å². The molecule has 3 rings (SSSR count). The van der Waals surface area contributed by atoms with Gasteiger partial charge in [0.25, 0.3) is 0 Å². The summed E-state index contributed by atoms with van der Waals surface area (Å²) in [5.74, 6) is -0.454. The SMILES string of the molecule is CC(=O)Nc1ccc(Nc2ncnc(Nc3ccc(C(=O)OCC(C)C)cc3)c2[N+](=O)[O-])cc1. The van der Waals surface area contributed by atoms with E-state index in [9.17, 15) is 19.7 Å². The summed E-state index contributed by atoms with van der Waals surface area (Å²) in [4.78, 5) is 42.5. The molecule has 3 aromatic rings. The van der Waals surface area contributed by atoms with Crippen LogP contribution in [0.4, 0.5) is 34.4 Å². The van der Waals surface area contributed by atoms with Crippen LogP contribution >= 0.6 is 0 Å². The Bertz CT molecular complexity index is 1180. The molecular weight excluding hydrogens is 440 g/mol. The Hall–Kier alpha value is -4.54. The summed E-state index contributed by atoms with van der Waals surface area (Å²) in [6.07, 6.45) is 1.20. The first-order chi connectivity index (χ1) is 16.2. The van der Waals surface area contributed by atoms with Gasteiger partial charge in [-0.1, -0.05) is 13.8 Å². The van der Waals surface area contributed by atoms with Crippen LogP contribution in [0.3, 0.4) is 0 Å². The highest BCUT2D eigenvalue weighted by Gasteiger charge is 2.23. The summed E-state index contributed by atoms with van der Waals surface area (Å²) in [5.41, 5.74) is 1.63. The summed E-state index contributed by atoms with van der Waals surface area (Å²) < 4.78 is 5.20. The Morgan fingerprint density at radius 3 is 1.91 bits per heavy atom. The fraction of sp³-hybridized carbons (Fsp3) is 0.217. The highest BCUT2D eigenvalue weighted by Crippen LogP contribution is 2.33. The van der Waals surface area contributed by atoms with Crippen molar-refractivity contribution >= 4 is 46.3 Å². The van der Waals surface area contributed by atoms with Crippen LogP contribution in [0.5, 0.6) is 0 Å². The monoisotopic (exact) mass is 464 g/mol. The Balaban J connectivity index is 1.78. The second kappa shape index (κ2) is 10.9. The predicted molar refractivity (Wildman–Crippen MR) is 128 cm³/mol. The minimum atomic E-state index is -0.589. The maximum atomic E-state index is 12.1. The molecule has 1 amide bonds. The van der Waals surface area contributed by atoms with Gasteiger partial charge in [0.1, 0.15) is 6.33 Å². The highest BCUT2D eigenvalue weighted by molar-refractivity contribution is 5.90. The lowest BCUT2D eigenvalue weighted by atomic mass is 10.2. The molecule has 11 heteroatoms. The molecule has 0 bridgehead atoms. The number of rotatable bonds is 9. The summed E-state index contributed by atoms with van der Waals surface area (Å²) >= 11 is 0. The average molecular weight is 464 g/mol. The molecule has 3 N–H and O–H groups in total. The van der Waals surface area contributed by atoms with Gasteiger partial charge in [-0.2, -0.15) is 0 Å². The first-order valence-electron chi connectivity index (χ1n) is 10.4. The summed E-state index contributed by atoms with van der Waals surface area (Å²) in [6, 6.07) is 13.0. The summed E-state index contributed by atoms with van der Waals surface area (Å²) in [7, 11) is 0. The van der Waals surface area contributed by atoms with Crippen LogP contribution in [0.2, 0.25) is 0 Å². The van der Waals surface area contributed by atoms with Crippen molar-refractivity contribution in [3.05, 3.63) is 70.5 Å². The zero-order chi connectivity index (χ0) is 24.7. The number of nitrogens with one attached hydrogen (secondary N) is 3. The molecular formula is C23H24N6O5. The highest BCUT2D eigenvalue weighted by atomic mass is 16.6. The third kappa shape index (κ3) is 6.48. The lowest BCUT2D eigenvalue weighted by Crippen LogP contribution is -2.10. The number of carbonyl (C=O) groups excluding carboxylic acids is 2. The number of nitrogens with zero attached hydrogens (tertiary/aromatic N) is 3. The lowest BCUT2D eigenvalue weighted by Gasteiger charge is -2.11. The molecule has 2 aromatic carbocycles. The summed E-state index contributed by atoms with van der Waals surface area (Å²) in [6.45, 7) is 5.60. The van der Waals surface area contributed by atoms with E-state index in [1.54, 1.807) is 48.5 Å². The van der Waals surface area contributed by atoms with Gasteiger partial charge in [-0.3, -0.25) is 14.9 Å². The maximum absolute atomic E-state index is 12.1. The molecule has 176 valence electrons. The second-order valence-corrected chi connectivity index (χ2v) is 7.75. The number of hydrogen-bond donors (Lipinski definition) is 3. The molecule has 1 aromatic heterocycles. The molecule has 0 aliphatic carbocycles. The fourth-order valence-corrected chi connectivity index (χ4v) is 2.86. The van der Waals surface area contributed by atoms with Gasteiger partial charge >= 0.3 is 11.7 Å². The van der Waals surface area contributed by atoms with Gasteiger partial charge in [-0.25, -0.2) is 14.8 Å². The van der Waals surface area contributed by atoms with Gasteiger partial charge in [-0.05, 0) is 54.4 Å². The first kappa shape index (κ1) is 24.1. The quantitative estimate of drug-likeness (QED) is 0.234. The number of carbonyl (C=O) groups is 2. The number of anilines is 5. The van der Waals surface area contributed by atoms with Crippen molar-refractivity contribution in [1.29, 1.82) is 0 Å². The Labute approximate surface area is 195 Å². The molecule has 0 atom stereocenters. The van der Waals surface area contributed by atoms with Crippen molar-refractivity contribution in [2.75, 3.05) is 22.6 Å². The van der Waals surface area contributed by atoms with Crippen LogP contribution in [0.1, 0.15) is 31.1 Å². The molecule has 34 heavy (non-hydrogen) atoms. The molecule has 0 saturated carbocycles. The van der Waals surface area contributed by atoms with Gasteiger partial charge < -0.3 is 20.7 Å². The second-order valence-electron chi connectivity index (χ2n) is 7.75. The molecule has 1 heterocycles. The van der Waals surface area contributed by atoms with Crippen molar-refractivity contribution in [2.24, 2.45) is 5.92 Å². The lowest BCUT2D eigenvalue weighted by molar-refractivity contribution is -0.383. The van der Waals surface area contributed by atoms with Crippen LogP contribution in [0.25, 0.3) is 0 Å². The molecule has 11 nitrogen and oxygen atoms in total. The molecule has 0 saturated heterocycles. The molecule has 0 aliphatic heterocycles. The van der Waals surface area contributed by atoms with Crippen LogP contribution < -0.4 is 16.0 Å². The van der Waals surface area contributed by atoms with Crippen molar-refractivity contribution in [3.8, 4) is 0 Å². The van der Waals surface area contributed by atoms with Crippen LogP contribution in [-0.2, 0) is 9.53 Å². The van der Waals surface area contributed by atoms with E-state index in [4.69, 9.17) is 4.74 Å². The standard InChI is InChI=1S/C23H24N6O5/c1-14(2)12-34-23(31)16-4-6-18(7-5-16)27-21-20(29(32)33)22(25-13-24-21)28-19-10-8-17(9-11-19)26-15(3)30/h4-11,13-14H,12H2,1-3H3,(H,26,30)(H2,24,25,27,28). The minimum absolute atomic E-state index is 0.0105. The van der Waals surface area contributed by atoms with E-state index in [-0.39, 0.29) is 29.1 Å². The van der Waals surface area contributed by atoms with Gasteiger partial charge in [0.05, 0.1) is 17.1 Å². The Kier molecular flexibility index (Phi) is 7.70. The van der Waals surface area contributed by atoms with E-state index >= 15 is 0 Å². The van der Waals surface area contributed by atoms with E-state index in [1.807, 2.05) is 13.8 Å². The maximum Gasteiger partial charge on any atom is 0.353 e. The number of benzene rings is 2.